The van der Waals surface area contributed by atoms with Crippen molar-refractivity contribution in [2.75, 3.05) is 7.05 Å². The van der Waals surface area contributed by atoms with Crippen molar-refractivity contribution in [3.63, 3.8) is 0 Å². The van der Waals surface area contributed by atoms with E-state index in [1.54, 1.807) is 24.0 Å². The molecule has 0 saturated carbocycles. The Morgan fingerprint density at radius 2 is 2.28 bits per heavy atom. The molecule has 0 bridgehead atoms. The summed E-state index contributed by atoms with van der Waals surface area (Å²) in [6.45, 7) is 0.502. The molecule has 0 saturated heterocycles. The van der Waals surface area contributed by atoms with Crippen LogP contribution in [0.15, 0.2) is 27.2 Å². The van der Waals surface area contributed by atoms with Gasteiger partial charge in [0, 0.05) is 23.8 Å². The van der Waals surface area contributed by atoms with Crippen LogP contribution in [0.4, 0.5) is 0 Å². The molecule has 0 amide bonds. The Hall–Kier alpha value is -0.800. The van der Waals surface area contributed by atoms with Gasteiger partial charge in [-0.25, -0.2) is 13.4 Å². The lowest BCUT2D eigenvalue weighted by molar-refractivity contribution is 0.462. The van der Waals surface area contributed by atoms with E-state index in [1.807, 2.05) is 5.38 Å². The number of thiophene rings is 1. The Balaban J connectivity index is 2.26. The number of sulfonamides is 1. The van der Waals surface area contributed by atoms with Crippen LogP contribution in [0.1, 0.15) is 10.6 Å². The zero-order valence-corrected chi connectivity index (χ0v) is 12.2. The van der Waals surface area contributed by atoms with Crippen LogP contribution in [0.5, 0.6) is 0 Å². The maximum Gasteiger partial charge on any atom is 0.244 e. The summed E-state index contributed by atoms with van der Waals surface area (Å²) in [5, 5.41) is 3.58. The van der Waals surface area contributed by atoms with Crippen LogP contribution in [0.25, 0.3) is 0 Å². The quantitative estimate of drug-likeness (QED) is 0.908. The van der Waals surface area contributed by atoms with Crippen LogP contribution >= 0.6 is 22.7 Å². The third-order valence-electron chi connectivity index (χ3n) is 2.45. The summed E-state index contributed by atoms with van der Waals surface area (Å²) in [6.07, 6.45) is 0. The highest BCUT2D eigenvalue weighted by Gasteiger charge is 2.24. The van der Waals surface area contributed by atoms with Gasteiger partial charge < -0.3 is 5.73 Å². The molecule has 5 nitrogen and oxygen atoms in total. The van der Waals surface area contributed by atoms with Crippen LogP contribution in [-0.2, 0) is 23.1 Å². The SMILES string of the molecule is CN(Cc1cscn1)S(=O)(=O)c1ccsc1CN. The van der Waals surface area contributed by atoms with Crippen LogP contribution in [0, 0.1) is 0 Å². The lowest BCUT2D eigenvalue weighted by Gasteiger charge is -2.16. The van der Waals surface area contributed by atoms with Crippen LogP contribution in [-0.4, -0.2) is 24.8 Å². The van der Waals surface area contributed by atoms with E-state index in [4.69, 9.17) is 5.73 Å². The molecule has 0 spiro atoms. The Kier molecular flexibility index (Phi) is 4.13. The highest BCUT2D eigenvalue weighted by molar-refractivity contribution is 7.89. The van der Waals surface area contributed by atoms with Crippen molar-refractivity contribution >= 4 is 32.7 Å². The standard InChI is InChI=1S/C10H13N3O2S3/c1-13(5-8-6-16-7-12-8)18(14,15)10-2-3-17-9(10)4-11/h2-3,6-7H,4-5,11H2,1H3. The van der Waals surface area contributed by atoms with E-state index in [0.29, 0.717) is 9.77 Å². The summed E-state index contributed by atoms with van der Waals surface area (Å²) in [5.74, 6) is 0. The lowest BCUT2D eigenvalue weighted by Crippen LogP contribution is -2.27. The van der Waals surface area contributed by atoms with Gasteiger partial charge in [0.1, 0.15) is 0 Å². The Morgan fingerprint density at radius 3 is 2.89 bits per heavy atom. The second kappa shape index (κ2) is 5.45. The van der Waals surface area contributed by atoms with E-state index in [0.717, 1.165) is 5.69 Å². The van der Waals surface area contributed by atoms with Crippen molar-refractivity contribution < 1.29 is 8.42 Å². The second-order valence-electron chi connectivity index (χ2n) is 3.65. The number of rotatable bonds is 5. The molecule has 2 aromatic rings. The molecule has 0 aromatic carbocycles. The van der Waals surface area contributed by atoms with Gasteiger partial charge in [-0.05, 0) is 11.4 Å². The molecule has 0 atom stereocenters. The molecule has 0 fully saturated rings. The number of nitrogens with zero attached hydrogens (tertiary/aromatic N) is 2. The molecule has 2 rings (SSSR count). The summed E-state index contributed by atoms with van der Waals surface area (Å²) in [4.78, 5) is 5.06. The second-order valence-corrected chi connectivity index (χ2v) is 7.39. The Labute approximate surface area is 114 Å². The lowest BCUT2D eigenvalue weighted by atomic mass is 10.5. The molecule has 2 heterocycles. The fourth-order valence-electron chi connectivity index (χ4n) is 1.50. The van der Waals surface area contributed by atoms with Crippen LogP contribution < -0.4 is 5.73 Å². The van der Waals surface area contributed by atoms with Gasteiger partial charge in [-0.1, -0.05) is 0 Å². The third-order valence-corrected chi connectivity index (χ3v) is 6.04. The molecule has 0 aliphatic carbocycles. The van der Waals surface area contributed by atoms with Crippen molar-refractivity contribution in [3.8, 4) is 0 Å². The third kappa shape index (κ3) is 2.62. The van der Waals surface area contributed by atoms with E-state index in [-0.39, 0.29) is 13.1 Å². The van der Waals surface area contributed by atoms with Gasteiger partial charge in [-0.2, -0.15) is 4.31 Å². The largest absolute Gasteiger partial charge is 0.326 e. The molecular formula is C10H13N3O2S3. The van der Waals surface area contributed by atoms with Crippen molar-refractivity contribution in [2.24, 2.45) is 5.73 Å². The van der Waals surface area contributed by atoms with Gasteiger partial charge in [-0.3, -0.25) is 0 Å². The fourth-order valence-corrected chi connectivity index (χ4v) is 4.50. The van der Waals surface area contributed by atoms with Gasteiger partial charge in [0.25, 0.3) is 0 Å². The van der Waals surface area contributed by atoms with Crippen molar-refractivity contribution in [2.45, 2.75) is 18.0 Å². The van der Waals surface area contributed by atoms with E-state index in [2.05, 4.69) is 4.98 Å². The zero-order valence-electron chi connectivity index (χ0n) is 9.74. The molecule has 2 N–H and O–H groups in total. The monoisotopic (exact) mass is 303 g/mol. The number of thiazole rings is 1. The first-order valence-corrected chi connectivity index (χ1v) is 8.42. The maximum atomic E-state index is 12.4. The Morgan fingerprint density at radius 1 is 1.50 bits per heavy atom. The summed E-state index contributed by atoms with van der Waals surface area (Å²) in [7, 11) is -1.94. The van der Waals surface area contributed by atoms with Crippen molar-refractivity contribution in [3.05, 3.63) is 32.9 Å². The van der Waals surface area contributed by atoms with Crippen LogP contribution in [0.2, 0.25) is 0 Å². The van der Waals surface area contributed by atoms with E-state index < -0.39 is 10.0 Å². The van der Waals surface area contributed by atoms with Crippen molar-refractivity contribution in [1.82, 2.24) is 9.29 Å². The first kappa shape index (κ1) is 13.6. The molecule has 2 aromatic heterocycles. The van der Waals surface area contributed by atoms with Crippen LogP contribution in [0.3, 0.4) is 0 Å². The van der Waals surface area contributed by atoms with Gasteiger partial charge >= 0.3 is 0 Å². The van der Waals surface area contributed by atoms with E-state index in [1.165, 1.54) is 27.0 Å². The molecule has 0 aliphatic heterocycles. The number of hydrogen-bond acceptors (Lipinski definition) is 6. The minimum absolute atomic E-state index is 0.233. The predicted octanol–water partition coefficient (Wildman–Crippen LogP) is 1.48. The number of nitrogens with two attached hydrogens (primary N) is 1. The average molecular weight is 303 g/mol. The minimum Gasteiger partial charge on any atom is -0.326 e. The molecular weight excluding hydrogens is 290 g/mol. The average Bonchev–Trinajstić information content (AvgIpc) is 2.98. The number of aromatic nitrogens is 1. The fraction of sp³-hybridized carbons (Fsp3) is 0.300. The zero-order chi connectivity index (χ0) is 13.2. The normalized spacial score (nSPS) is 12.2. The van der Waals surface area contributed by atoms with E-state index in [9.17, 15) is 8.42 Å². The minimum atomic E-state index is -3.49. The van der Waals surface area contributed by atoms with Gasteiger partial charge in [0.15, 0.2) is 0 Å². The molecule has 0 aliphatic rings. The molecule has 0 radical (unpaired) electrons. The summed E-state index contributed by atoms with van der Waals surface area (Å²) in [5.41, 5.74) is 7.98. The highest BCUT2D eigenvalue weighted by Crippen LogP contribution is 2.24. The molecule has 0 unspecified atom stereocenters. The van der Waals surface area contributed by atoms with E-state index >= 15 is 0 Å². The predicted molar refractivity (Wildman–Crippen MR) is 73.0 cm³/mol. The smallest absolute Gasteiger partial charge is 0.244 e. The summed E-state index contributed by atoms with van der Waals surface area (Å²) >= 11 is 2.80. The maximum absolute atomic E-state index is 12.4. The first-order chi connectivity index (χ1) is 8.55. The highest BCUT2D eigenvalue weighted by atomic mass is 32.2. The topological polar surface area (TPSA) is 76.3 Å². The summed E-state index contributed by atoms with van der Waals surface area (Å²) < 4.78 is 26.0. The molecule has 98 valence electrons. The first-order valence-electron chi connectivity index (χ1n) is 5.15. The Bertz CT molecular complexity index is 604. The van der Waals surface area contributed by atoms with Crippen molar-refractivity contribution in [1.29, 1.82) is 0 Å². The van der Waals surface area contributed by atoms with Gasteiger partial charge in [-0.15, -0.1) is 22.7 Å². The summed E-state index contributed by atoms with van der Waals surface area (Å²) in [6, 6.07) is 1.60. The molecule has 18 heavy (non-hydrogen) atoms. The number of hydrogen-bond donors (Lipinski definition) is 1. The van der Waals surface area contributed by atoms with Gasteiger partial charge in [0.2, 0.25) is 10.0 Å². The van der Waals surface area contributed by atoms with Gasteiger partial charge in [0.05, 0.1) is 22.6 Å². The molecule has 8 heteroatoms.